The number of nitrogens with one attached hydrogen (secondary N) is 1. The van der Waals surface area contributed by atoms with Crippen LogP contribution in [0.4, 0.5) is 19.3 Å². The van der Waals surface area contributed by atoms with Crippen molar-refractivity contribution in [2.45, 2.75) is 31.0 Å². The highest BCUT2D eigenvalue weighted by Gasteiger charge is 2.41. The number of carbonyl (C=O) groups is 1. The van der Waals surface area contributed by atoms with Gasteiger partial charge in [0.1, 0.15) is 23.5 Å². The molecular weight excluding hydrogens is 430 g/mol. The summed E-state index contributed by atoms with van der Waals surface area (Å²) in [6.45, 7) is -0.429. The minimum absolute atomic E-state index is 0.0729. The Balaban J connectivity index is 1.38. The number of carbonyl (C=O) groups excluding carboxylic acids is 1. The number of aliphatic imine (C=N–C) groups is 1. The van der Waals surface area contributed by atoms with Crippen LogP contribution in [0.2, 0.25) is 5.02 Å². The van der Waals surface area contributed by atoms with E-state index in [4.69, 9.17) is 16.7 Å². The average Bonchev–Trinajstić information content (AvgIpc) is 3.14. The molecule has 2 aromatic rings. The Hall–Kier alpha value is -2.62. The second-order valence-corrected chi connectivity index (χ2v) is 8.12. The Bertz CT molecular complexity index is 1040. The first-order valence-corrected chi connectivity index (χ1v) is 10.2. The number of rotatable bonds is 3. The number of fused-ring (bicyclic) bond motifs is 1. The largest absolute Gasteiger partial charge is 0.393 e. The van der Waals surface area contributed by atoms with Gasteiger partial charge in [-0.15, -0.1) is 0 Å². The number of aromatic nitrogens is 1. The van der Waals surface area contributed by atoms with Crippen molar-refractivity contribution in [1.82, 2.24) is 15.2 Å². The number of nitrogens with zero attached hydrogens (tertiary/aromatic N) is 3. The number of alkyl halides is 1. The van der Waals surface area contributed by atoms with Gasteiger partial charge in [-0.05, 0) is 29.8 Å². The quantitative estimate of drug-likeness (QED) is 0.669. The molecule has 0 bridgehead atoms. The summed E-state index contributed by atoms with van der Waals surface area (Å²) in [6.07, 6.45) is 0.0899. The lowest BCUT2D eigenvalue weighted by atomic mass is 9.89. The lowest BCUT2D eigenvalue weighted by molar-refractivity contribution is 0.0622. The number of halogens is 3. The van der Waals surface area contributed by atoms with Crippen LogP contribution in [-0.4, -0.2) is 51.7 Å². The van der Waals surface area contributed by atoms with E-state index in [0.29, 0.717) is 17.3 Å². The molecule has 0 radical (unpaired) electrons. The smallest absolute Gasteiger partial charge is 0.322 e. The molecule has 1 saturated heterocycles. The predicted octanol–water partition coefficient (Wildman–Crippen LogP) is 3.16. The molecule has 1 aromatic heterocycles. The summed E-state index contributed by atoms with van der Waals surface area (Å²) in [6, 6.07) is 5.89. The van der Waals surface area contributed by atoms with Crippen LogP contribution in [0.1, 0.15) is 35.8 Å². The standard InChI is InChI=1S/C21H21ClF2N4O3/c22-14-1-2-16-12(7-14)9-18(26-16)27-20(31)28-5-3-21(24,4-6-28)19-15(23)8-13(10-25-19)17(30)11-29/h1-2,7-8,10,17,29-30H,3-6,9,11H2,(H,26,27,31)/t17-/m0/s1. The monoisotopic (exact) mass is 450 g/mol. The van der Waals surface area contributed by atoms with Crippen LogP contribution in [0.5, 0.6) is 0 Å². The fourth-order valence-electron chi connectivity index (χ4n) is 3.82. The number of urea groups is 1. The van der Waals surface area contributed by atoms with Gasteiger partial charge in [0.15, 0.2) is 5.67 Å². The Morgan fingerprint density at radius 2 is 2.06 bits per heavy atom. The molecule has 10 heteroatoms. The average molecular weight is 451 g/mol. The van der Waals surface area contributed by atoms with Crippen LogP contribution >= 0.6 is 11.6 Å². The van der Waals surface area contributed by atoms with E-state index in [2.05, 4.69) is 15.3 Å². The molecule has 0 spiro atoms. The molecule has 7 nitrogen and oxygen atoms in total. The normalized spacial score (nSPS) is 18.4. The van der Waals surface area contributed by atoms with Crippen LogP contribution in [0.15, 0.2) is 35.5 Å². The molecule has 1 atom stereocenters. The molecule has 164 valence electrons. The zero-order valence-electron chi connectivity index (χ0n) is 16.5. The first-order chi connectivity index (χ1) is 14.8. The second-order valence-electron chi connectivity index (χ2n) is 7.69. The molecule has 2 aliphatic rings. The summed E-state index contributed by atoms with van der Waals surface area (Å²) in [5.74, 6) is -0.396. The van der Waals surface area contributed by atoms with Gasteiger partial charge in [0.25, 0.3) is 0 Å². The molecule has 1 aromatic carbocycles. The van der Waals surface area contributed by atoms with E-state index in [-0.39, 0.29) is 37.2 Å². The van der Waals surface area contributed by atoms with Crippen molar-refractivity contribution in [3.8, 4) is 0 Å². The third kappa shape index (κ3) is 4.39. The molecule has 3 heterocycles. The number of benzene rings is 1. The summed E-state index contributed by atoms with van der Waals surface area (Å²) in [5, 5.41) is 21.9. The van der Waals surface area contributed by atoms with Crippen molar-refractivity contribution in [2.75, 3.05) is 19.7 Å². The highest BCUT2D eigenvalue weighted by atomic mass is 35.5. The van der Waals surface area contributed by atoms with Gasteiger partial charge in [-0.25, -0.2) is 18.6 Å². The minimum atomic E-state index is -2.03. The summed E-state index contributed by atoms with van der Waals surface area (Å²) in [5.41, 5.74) is -0.641. The Morgan fingerprint density at radius 1 is 1.32 bits per heavy atom. The number of piperidine rings is 1. The van der Waals surface area contributed by atoms with Crippen LogP contribution in [0, 0.1) is 5.82 Å². The molecule has 0 saturated carbocycles. The lowest BCUT2D eigenvalue weighted by Gasteiger charge is -2.36. The maximum absolute atomic E-state index is 15.4. The van der Waals surface area contributed by atoms with E-state index in [9.17, 15) is 14.3 Å². The van der Waals surface area contributed by atoms with Gasteiger partial charge in [-0.1, -0.05) is 11.6 Å². The van der Waals surface area contributed by atoms with Crippen molar-refractivity contribution < 1.29 is 23.8 Å². The van der Waals surface area contributed by atoms with E-state index in [1.807, 2.05) is 0 Å². The number of hydrogen-bond acceptors (Lipinski definition) is 5. The fourth-order valence-corrected chi connectivity index (χ4v) is 4.01. The van der Waals surface area contributed by atoms with Crippen LogP contribution < -0.4 is 5.32 Å². The minimum Gasteiger partial charge on any atom is -0.393 e. The third-order valence-corrected chi connectivity index (χ3v) is 5.83. The molecule has 31 heavy (non-hydrogen) atoms. The summed E-state index contributed by atoms with van der Waals surface area (Å²) >= 11 is 5.98. The van der Waals surface area contributed by atoms with E-state index in [1.54, 1.807) is 18.2 Å². The maximum Gasteiger partial charge on any atom is 0.322 e. The highest BCUT2D eigenvalue weighted by molar-refractivity contribution is 6.30. The van der Waals surface area contributed by atoms with Crippen molar-refractivity contribution in [3.05, 3.63) is 58.1 Å². The topological polar surface area (TPSA) is 98.1 Å². The molecule has 1 fully saturated rings. The van der Waals surface area contributed by atoms with Gasteiger partial charge in [0.05, 0.1) is 12.3 Å². The van der Waals surface area contributed by atoms with Gasteiger partial charge >= 0.3 is 6.03 Å². The van der Waals surface area contributed by atoms with Crippen LogP contribution in [0.25, 0.3) is 0 Å². The number of likely N-dealkylation sites (tertiary alicyclic amines) is 1. The maximum atomic E-state index is 15.4. The summed E-state index contributed by atoms with van der Waals surface area (Å²) in [7, 11) is 0. The van der Waals surface area contributed by atoms with E-state index in [0.717, 1.165) is 23.5 Å². The molecule has 4 rings (SSSR count). The highest BCUT2D eigenvalue weighted by Crippen LogP contribution is 2.37. The van der Waals surface area contributed by atoms with Gasteiger partial charge < -0.3 is 15.1 Å². The molecule has 2 amide bonds. The number of amidine groups is 1. The number of amides is 2. The Labute approximate surface area is 182 Å². The SMILES string of the molecule is O=C(NC1=Nc2ccc(Cl)cc2C1)N1CCC(F)(c2ncc([C@@H](O)CO)cc2F)CC1. The molecule has 2 aliphatic heterocycles. The zero-order valence-corrected chi connectivity index (χ0v) is 17.2. The number of pyridine rings is 1. The van der Waals surface area contributed by atoms with E-state index in [1.165, 1.54) is 4.90 Å². The van der Waals surface area contributed by atoms with Gasteiger partial charge in [-0.3, -0.25) is 10.3 Å². The van der Waals surface area contributed by atoms with Crippen LogP contribution in [-0.2, 0) is 12.1 Å². The van der Waals surface area contributed by atoms with E-state index < -0.39 is 30.2 Å². The Kier molecular flexibility index (Phi) is 5.92. The molecular formula is C21H21ClF2N4O3. The zero-order chi connectivity index (χ0) is 22.2. The van der Waals surface area contributed by atoms with Gasteiger partial charge in [-0.2, -0.15) is 0 Å². The molecule has 3 N–H and O–H groups in total. The van der Waals surface area contributed by atoms with Crippen LogP contribution in [0.3, 0.4) is 0 Å². The summed E-state index contributed by atoms with van der Waals surface area (Å²) in [4.78, 5) is 22.3. The Morgan fingerprint density at radius 3 is 2.74 bits per heavy atom. The van der Waals surface area contributed by atoms with E-state index >= 15 is 4.39 Å². The van der Waals surface area contributed by atoms with Gasteiger partial charge in [0.2, 0.25) is 0 Å². The van der Waals surface area contributed by atoms with Crippen molar-refractivity contribution >= 4 is 29.2 Å². The number of aliphatic hydroxyl groups is 2. The predicted molar refractivity (Wildman–Crippen MR) is 111 cm³/mol. The molecule has 0 aliphatic carbocycles. The first kappa shape index (κ1) is 21.6. The van der Waals surface area contributed by atoms with Crippen molar-refractivity contribution in [3.63, 3.8) is 0 Å². The van der Waals surface area contributed by atoms with Gasteiger partial charge in [0, 0.05) is 49.1 Å². The van der Waals surface area contributed by atoms with Crippen molar-refractivity contribution in [2.24, 2.45) is 4.99 Å². The summed E-state index contributed by atoms with van der Waals surface area (Å²) < 4.78 is 29.9. The number of hydrogen-bond donors (Lipinski definition) is 3. The molecule has 0 unspecified atom stereocenters. The second kappa shape index (κ2) is 8.49. The third-order valence-electron chi connectivity index (χ3n) is 5.59. The number of aliphatic hydroxyl groups excluding tert-OH is 2. The fraction of sp³-hybridized carbons (Fsp3) is 0.381. The first-order valence-electron chi connectivity index (χ1n) is 9.85. The van der Waals surface area contributed by atoms with Crippen molar-refractivity contribution in [1.29, 1.82) is 0 Å². The lowest BCUT2D eigenvalue weighted by Crippen LogP contribution is -2.49.